The van der Waals surface area contributed by atoms with E-state index in [1.807, 2.05) is 36.6 Å². The van der Waals surface area contributed by atoms with Crippen molar-refractivity contribution >= 4 is 43.4 Å². The average molecular weight is 552 g/mol. The average Bonchev–Trinajstić information content (AvgIpc) is 3.23. The summed E-state index contributed by atoms with van der Waals surface area (Å²) in [6, 6.07) is 10.4. The van der Waals surface area contributed by atoms with Crippen molar-refractivity contribution in [3.63, 3.8) is 0 Å². The number of pyridine rings is 1. The fraction of sp³-hybridized carbons (Fsp3) is 0.407. The van der Waals surface area contributed by atoms with Crippen LogP contribution in [-0.4, -0.2) is 50.5 Å². The largest absolute Gasteiger partial charge is 0.524 e. The van der Waals surface area contributed by atoms with E-state index in [4.69, 9.17) is 27.8 Å². The van der Waals surface area contributed by atoms with Crippen molar-refractivity contribution in [1.82, 2.24) is 14.5 Å². The summed E-state index contributed by atoms with van der Waals surface area (Å²) < 4.78 is 23.6. The van der Waals surface area contributed by atoms with Crippen LogP contribution in [-0.2, 0) is 27.6 Å². The minimum Gasteiger partial charge on any atom is -0.504 e. The van der Waals surface area contributed by atoms with Gasteiger partial charge in [0.1, 0.15) is 11.3 Å². The van der Waals surface area contributed by atoms with Gasteiger partial charge in [0.25, 0.3) is 0 Å². The molecule has 0 saturated carbocycles. The van der Waals surface area contributed by atoms with Crippen molar-refractivity contribution in [2.75, 3.05) is 18.9 Å². The first-order chi connectivity index (χ1) is 18.4. The molecule has 0 fully saturated rings. The van der Waals surface area contributed by atoms with Crippen LogP contribution in [0.1, 0.15) is 57.0 Å². The number of imidazole rings is 1. The van der Waals surface area contributed by atoms with Gasteiger partial charge in [-0.25, -0.2) is 14.5 Å². The van der Waals surface area contributed by atoms with Crippen molar-refractivity contribution in [1.29, 1.82) is 0 Å². The smallest absolute Gasteiger partial charge is 0.504 e. The maximum atomic E-state index is 11.4. The number of nitrogen functional groups attached to an aromatic ring is 1. The van der Waals surface area contributed by atoms with Crippen LogP contribution in [0.3, 0.4) is 0 Å². The molecule has 12 heteroatoms. The number of hydrogen-bond acceptors (Lipinski definition) is 7. The number of fused-ring (bicyclic) bond motifs is 3. The molecule has 0 aliphatic heterocycles. The number of phenols is 1. The van der Waals surface area contributed by atoms with Gasteiger partial charge in [-0.15, -0.1) is 0 Å². The van der Waals surface area contributed by atoms with Gasteiger partial charge in [0.05, 0.1) is 25.4 Å². The van der Waals surface area contributed by atoms with Crippen LogP contribution in [0.5, 0.6) is 11.5 Å². The maximum Gasteiger partial charge on any atom is 0.524 e. The first kappa shape index (κ1) is 28.9. The highest BCUT2D eigenvalue weighted by molar-refractivity contribution is 7.46. The fourth-order valence-electron chi connectivity index (χ4n) is 4.65. The number of hydrogen-bond donors (Lipinski definition) is 4. The molecule has 5 N–H and O–H groups in total. The number of rotatable bonds is 12. The minimum absolute atomic E-state index is 0.159. The van der Waals surface area contributed by atoms with Crippen LogP contribution >= 0.6 is 7.82 Å². The Bertz CT molecular complexity index is 1530. The summed E-state index contributed by atoms with van der Waals surface area (Å²) in [6.07, 6.45) is 3.11. The normalized spacial score (nSPS) is 13.7. The van der Waals surface area contributed by atoms with Crippen LogP contribution < -0.4 is 10.3 Å². The summed E-state index contributed by atoms with van der Waals surface area (Å²) in [4.78, 5) is 28.0. The van der Waals surface area contributed by atoms with Gasteiger partial charge in [-0.1, -0.05) is 38.5 Å². The number of phenolic OH excluding ortho intramolecular Hbond substituents is 1. The summed E-state index contributed by atoms with van der Waals surface area (Å²) in [6.45, 7) is 7.30. The van der Waals surface area contributed by atoms with Crippen molar-refractivity contribution in [3.8, 4) is 11.5 Å². The van der Waals surface area contributed by atoms with Gasteiger partial charge in [-0.2, -0.15) is 0 Å². The van der Waals surface area contributed by atoms with Gasteiger partial charge in [-0.05, 0) is 48.8 Å². The third-order valence-electron chi connectivity index (χ3n) is 6.79. The molecular formula is C27H34BN4O6P. The number of aromatic hydroxyl groups is 1. The van der Waals surface area contributed by atoms with Crippen LogP contribution in [0.4, 0.5) is 5.82 Å². The van der Waals surface area contributed by atoms with Gasteiger partial charge in [0, 0.05) is 30.6 Å². The van der Waals surface area contributed by atoms with Crippen molar-refractivity contribution < 1.29 is 28.7 Å². The second-order valence-electron chi connectivity index (χ2n) is 9.85. The molecule has 0 aliphatic rings. The number of para-hydroxylation sites is 1. The zero-order chi connectivity index (χ0) is 28.4. The molecule has 39 heavy (non-hydrogen) atoms. The van der Waals surface area contributed by atoms with Crippen LogP contribution in [0, 0.1) is 0 Å². The molecule has 1 atom stereocenters. The molecule has 0 amide bonds. The standard InChI is InChI=1S/C27H34BN4O6P/c1-4-6-10-22-31-23-24(32(22)16-17-8-7-9-21(25(17)33)38-39(34,35)36)19-15-18(11-12-20(19)30-26(23)29)27(3,28)13-14-37-5-2/h7-9,11-12,15,33H,4-6,10,13-14,16H2,1-3H3,(H2,29,30)(H2,34,35,36). The van der Waals surface area contributed by atoms with E-state index in [9.17, 15) is 19.5 Å². The highest BCUT2D eigenvalue weighted by Gasteiger charge is 2.24. The lowest BCUT2D eigenvalue weighted by molar-refractivity contribution is 0.137. The highest BCUT2D eigenvalue weighted by atomic mass is 31.2. The zero-order valence-corrected chi connectivity index (χ0v) is 23.3. The Balaban J connectivity index is 1.91. The molecule has 2 aromatic carbocycles. The molecule has 1 unspecified atom stereocenters. The molecule has 4 rings (SSSR count). The molecule has 10 nitrogen and oxygen atoms in total. The van der Waals surface area contributed by atoms with E-state index in [1.54, 1.807) is 12.1 Å². The van der Waals surface area contributed by atoms with Crippen molar-refractivity contribution in [2.45, 2.75) is 58.3 Å². The van der Waals surface area contributed by atoms with Gasteiger partial charge in [0.2, 0.25) is 0 Å². The van der Waals surface area contributed by atoms with Crippen molar-refractivity contribution in [3.05, 3.63) is 53.3 Å². The molecule has 206 valence electrons. The predicted octanol–water partition coefficient (Wildman–Crippen LogP) is 4.55. The molecular weight excluding hydrogens is 518 g/mol. The Morgan fingerprint density at radius 1 is 1.18 bits per heavy atom. The van der Waals surface area contributed by atoms with Crippen LogP contribution in [0.25, 0.3) is 21.9 Å². The first-order valence-electron chi connectivity index (χ1n) is 13.0. The number of nitrogens with zero attached hydrogens (tertiary/aromatic N) is 3. The second-order valence-corrected chi connectivity index (χ2v) is 11.0. The fourth-order valence-corrected chi connectivity index (χ4v) is 5.05. The van der Waals surface area contributed by atoms with E-state index < -0.39 is 13.1 Å². The second kappa shape index (κ2) is 11.6. The summed E-state index contributed by atoms with van der Waals surface area (Å²) >= 11 is 0. The van der Waals surface area contributed by atoms with Crippen LogP contribution in [0.15, 0.2) is 36.4 Å². The number of unbranched alkanes of at least 4 members (excludes halogenated alkanes) is 1. The Labute approximate surface area is 228 Å². The Kier molecular flexibility index (Phi) is 8.56. The van der Waals surface area contributed by atoms with Gasteiger partial charge in [0.15, 0.2) is 17.3 Å². The topological polar surface area (TPSA) is 153 Å². The van der Waals surface area contributed by atoms with E-state index in [1.165, 1.54) is 6.07 Å². The molecule has 2 radical (unpaired) electrons. The molecule has 0 aliphatic carbocycles. The van der Waals surface area contributed by atoms with E-state index in [0.717, 1.165) is 35.1 Å². The maximum absolute atomic E-state index is 11.4. The summed E-state index contributed by atoms with van der Waals surface area (Å²) in [5, 5.41) is 11.0. The lowest BCUT2D eigenvalue weighted by Crippen LogP contribution is -2.24. The minimum atomic E-state index is -4.86. The summed E-state index contributed by atoms with van der Waals surface area (Å²) in [5.41, 5.74) is 9.64. The summed E-state index contributed by atoms with van der Waals surface area (Å²) in [5.74, 6) is 0.380. The van der Waals surface area contributed by atoms with Crippen molar-refractivity contribution in [2.24, 2.45) is 0 Å². The quantitative estimate of drug-likeness (QED) is 0.113. The lowest BCUT2D eigenvalue weighted by atomic mass is 9.63. The first-order valence-corrected chi connectivity index (χ1v) is 14.5. The van der Waals surface area contributed by atoms with Gasteiger partial charge < -0.3 is 24.7 Å². The number of anilines is 1. The van der Waals surface area contributed by atoms with E-state index in [-0.39, 0.29) is 23.9 Å². The monoisotopic (exact) mass is 552 g/mol. The number of aromatic nitrogens is 3. The number of nitrogens with two attached hydrogens (primary N) is 1. The van der Waals surface area contributed by atoms with E-state index in [2.05, 4.69) is 11.9 Å². The number of ether oxygens (including phenoxy) is 1. The third kappa shape index (κ3) is 6.39. The number of benzene rings is 2. The third-order valence-corrected chi connectivity index (χ3v) is 7.23. The Morgan fingerprint density at radius 2 is 1.95 bits per heavy atom. The Morgan fingerprint density at radius 3 is 2.64 bits per heavy atom. The van der Waals surface area contributed by atoms with E-state index in [0.29, 0.717) is 42.7 Å². The molecule has 0 spiro atoms. The van der Waals surface area contributed by atoms with Gasteiger partial charge in [-0.3, -0.25) is 9.79 Å². The lowest BCUT2D eigenvalue weighted by Gasteiger charge is -2.26. The number of phosphoric ester groups is 1. The Hall–Kier alpha value is -3.11. The number of phosphoric acid groups is 1. The molecule has 2 aromatic heterocycles. The zero-order valence-electron chi connectivity index (χ0n) is 22.4. The van der Waals surface area contributed by atoms with Gasteiger partial charge >= 0.3 is 7.82 Å². The molecule has 0 saturated heterocycles. The molecule has 0 bridgehead atoms. The number of aryl methyl sites for hydroxylation is 1. The predicted molar refractivity (Wildman–Crippen MR) is 152 cm³/mol. The molecule has 2 heterocycles. The van der Waals surface area contributed by atoms with Crippen LogP contribution in [0.2, 0.25) is 0 Å². The van der Waals surface area contributed by atoms with E-state index >= 15 is 0 Å². The highest BCUT2D eigenvalue weighted by Crippen LogP contribution is 2.43. The molecule has 4 aromatic rings. The summed E-state index contributed by atoms with van der Waals surface area (Å²) in [7, 11) is 1.84. The SMILES string of the molecule is [B]C(C)(CCOCC)c1ccc2nc(N)c3nc(CCCC)n(Cc4cccc(OP(=O)(O)O)c4O)c3c2c1.